The number of fused-ring (bicyclic) bond motifs is 1. The van der Waals surface area contributed by atoms with Crippen molar-refractivity contribution in [3.8, 4) is 0 Å². The van der Waals surface area contributed by atoms with Crippen LogP contribution >= 0.6 is 22.9 Å². The van der Waals surface area contributed by atoms with Crippen LogP contribution in [0.25, 0.3) is 10.9 Å². The van der Waals surface area contributed by atoms with Crippen molar-refractivity contribution in [2.75, 3.05) is 17.6 Å². The number of anilines is 2. The summed E-state index contributed by atoms with van der Waals surface area (Å²) in [6.07, 6.45) is 2.40. The Morgan fingerprint density at radius 2 is 2.19 bits per heavy atom. The maximum absolute atomic E-state index is 14.1. The zero-order valence-corrected chi connectivity index (χ0v) is 12.6. The molecule has 21 heavy (non-hydrogen) atoms. The van der Waals surface area contributed by atoms with E-state index >= 15 is 0 Å². The minimum absolute atomic E-state index is 0.386. The predicted molar refractivity (Wildman–Crippen MR) is 87.6 cm³/mol. The number of thiophene rings is 1. The van der Waals surface area contributed by atoms with E-state index in [-0.39, 0.29) is 5.82 Å². The summed E-state index contributed by atoms with van der Waals surface area (Å²) in [5.41, 5.74) is 7.17. The Labute approximate surface area is 130 Å². The Hall–Kier alpha value is -1.85. The highest BCUT2D eigenvalue weighted by Gasteiger charge is 2.11. The highest BCUT2D eigenvalue weighted by Crippen LogP contribution is 2.29. The van der Waals surface area contributed by atoms with Gasteiger partial charge in [0.15, 0.2) is 5.82 Å². The fourth-order valence-electron chi connectivity index (χ4n) is 2.20. The normalized spacial score (nSPS) is 11.0. The first-order valence-electron chi connectivity index (χ1n) is 6.46. The molecule has 0 spiro atoms. The smallest absolute Gasteiger partial charge is 0.150 e. The fraction of sp³-hybridized carbons (Fsp3) is 0.133. The molecule has 2 heterocycles. The second-order valence-electron chi connectivity index (χ2n) is 4.60. The van der Waals surface area contributed by atoms with Crippen molar-refractivity contribution in [3.05, 3.63) is 51.6 Å². The van der Waals surface area contributed by atoms with E-state index in [1.165, 1.54) is 17.4 Å². The van der Waals surface area contributed by atoms with Crippen molar-refractivity contribution in [3.63, 3.8) is 0 Å². The summed E-state index contributed by atoms with van der Waals surface area (Å²) < 4.78 is 14.9. The first-order valence-corrected chi connectivity index (χ1v) is 7.65. The Morgan fingerprint density at radius 3 is 2.95 bits per heavy atom. The SMILES string of the molecule is Nc1cc(F)c(NCCc2ccc(Cl)s2)c2ncccc12. The van der Waals surface area contributed by atoms with Crippen LogP contribution in [0.2, 0.25) is 4.34 Å². The second kappa shape index (κ2) is 5.87. The number of aromatic nitrogens is 1. The standard InChI is InChI=1S/C15H13ClFN3S/c16-13-4-3-9(21-13)5-7-20-15-11(17)8-12(18)10-2-1-6-19-14(10)15/h1-4,6,8,20H,5,7,18H2. The molecular formula is C15H13ClFN3S. The summed E-state index contributed by atoms with van der Waals surface area (Å²) in [5, 5.41) is 3.86. The van der Waals surface area contributed by atoms with Crippen LogP contribution in [0.5, 0.6) is 0 Å². The number of pyridine rings is 1. The third kappa shape index (κ3) is 2.94. The van der Waals surface area contributed by atoms with Gasteiger partial charge in [-0.15, -0.1) is 11.3 Å². The van der Waals surface area contributed by atoms with Crippen LogP contribution in [0.4, 0.5) is 15.8 Å². The molecule has 0 fully saturated rings. The highest BCUT2D eigenvalue weighted by atomic mass is 35.5. The van der Waals surface area contributed by atoms with Gasteiger partial charge < -0.3 is 11.1 Å². The van der Waals surface area contributed by atoms with Gasteiger partial charge in [0.05, 0.1) is 15.5 Å². The highest BCUT2D eigenvalue weighted by molar-refractivity contribution is 7.16. The van der Waals surface area contributed by atoms with Crippen molar-refractivity contribution >= 4 is 45.2 Å². The molecule has 0 saturated heterocycles. The van der Waals surface area contributed by atoms with Gasteiger partial charge in [-0.05, 0) is 36.8 Å². The lowest BCUT2D eigenvalue weighted by Gasteiger charge is -2.11. The molecule has 0 aliphatic heterocycles. The fourth-order valence-corrected chi connectivity index (χ4v) is 3.29. The molecule has 0 aliphatic rings. The van der Waals surface area contributed by atoms with Crippen molar-refractivity contribution < 1.29 is 4.39 Å². The third-order valence-electron chi connectivity index (χ3n) is 3.18. The van der Waals surface area contributed by atoms with Gasteiger partial charge >= 0.3 is 0 Å². The lowest BCUT2D eigenvalue weighted by atomic mass is 10.1. The van der Waals surface area contributed by atoms with Crippen LogP contribution < -0.4 is 11.1 Å². The number of nitrogens with one attached hydrogen (secondary N) is 1. The molecule has 0 bridgehead atoms. The van der Waals surface area contributed by atoms with E-state index in [1.807, 2.05) is 18.2 Å². The molecule has 3 aromatic rings. The van der Waals surface area contributed by atoms with Crippen LogP contribution in [0, 0.1) is 5.82 Å². The minimum Gasteiger partial charge on any atom is -0.398 e. The summed E-state index contributed by atoms with van der Waals surface area (Å²) in [4.78, 5) is 5.38. The lowest BCUT2D eigenvalue weighted by Crippen LogP contribution is -2.07. The van der Waals surface area contributed by atoms with E-state index in [0.29, 0.717) is 23.4 Å². The van der Waals surface area contributed by atoms with Crippen LogP contribution in [-0.2, 0) is 6.42 Å². The topological polar surface area (TPSA) is 50.9 Å². The van der Waals surface area contributed by atoms with Crippen LogP contribution in [-0.4, -0.2) is 11.5 Å². The summed E-state index contributed by atoms with van der Waals surface area (Å²) in [6.45, 7) is 0.601. The minimum atomic E-state index is -0.386. The quantitative estimate of drug-likeness (QED) is 0.703. The lowest BCUT2D eigenvalue weighted by molar-refractivity contribution is 0.632. The van der Waals surface area contributed by atoms with Crippen molar-refractivity contribution in [1.82, 2.24) is 4.98 Å². The molecular weight excluding hydrogens is 309 g/mol. The molecule has 3 rings (SSSR count). The Balaban J connectivity index is 1.83. The van der Waals surface area contributed by atoms with Gasteiger partial charge in [0.1, 0.15) is 0 Å². The number of nitrogens with two attached hydrogens (primary N) is 1. The molecule has 6 heteroatoms. The van der Waals surface area contributed by atoms with Crippen LogP contribution in [0.1, 0.15) is 4.88 Å². The zero-order chi connectivity index (χ0) is 14.8. The van der Waals surface area contributed by atoms with E-state index < -0.39 is 0 Å². The zero-order valence-electron chi connectivity index (χ0n) is 11.1. The van der Waals surface area contributed by atoms with Gasteiger partial charge in [0, 0.05) is 28.7 Å². The number of nitrogens with zero attached hydrogens (tertiary/aromatic N) is 1. The average Bonchev–Trinajstić information content (AvgIpc) is 2.88. The van der Waals surface area contributed by atoms with E-state index in [1.54, 1.807) is 12.3 Å². The van der Waals surface area contributed by atoms with E-state index in [0.717, 1.165) is 21.0 Å². The Morgan fingerprint density at radius 1 is 1.33 bits per heavy atom. The summed E-state index contributed by atoms with van der Waals surface area (Å²) in [7, 11) is 0. The Bertz CT molecular complexity index is 788. The summed E-state index contributed by atoms with van der Waals surface area (Å²) in [5.74, 6) is -0.386. The summed E-state index contributed by atoms with van der Waals surface area (Å²) in [6, 6.07) is 8.79. The number of hydrogen-bond acceptors (Lipinski definition) is 4. The first-order chi connectivity index (χ1) is 10.1. The van der Waals surface area contributed by atoms with Gasteiger partial charge in [0.2, 0.25) is 0 Å². The second-order valence-corrected chi connectivity index (χ2v) is 6.40. The van der Waals surface area contributed by atoms with E-state index in [9.17, 15) is 4.39 Å². The molecule has 0 saturated carbocycles. The monoisotopic (exact) mass is 321 g/mol. The number of hydrogen-bond donors (Lipinski definition) is 2. The molecule has 0 aliphatic carbocycles. The number of benzene rings is 1. The van der Waals surface area contributed by atoms with Crippen LogP contribution in [0.3, 0.4) is 0 Å². The Kier molecular flexibility index (Phi) is 3.94. The van der Waals surface area contributed by atoms with E-state index in [4.69, 9.17) is 17.3 Å². The predicted octanol–water partition coefficient (Wildman–Crippen LogP) is 4.33. The molecule has 3 N–H and O–H groups in total. The van der Waals surface area contributed by atoms with Gasteiger partial charge in [-0.1, -0.05) is 11.6 Å². The van der Waals surface area contributed by atoms with Gasteiger partial charge in [0.25, 0.3) is 0 Å². The molecule has 0 amide bonds. The molecule has 0 atom stereocenters. The third-order valence-corrected chi connectivity index (χ3v) is 4.47. The van der Waals surface area contributed by atoms with E-state index in [2.05, 4.69) is 10.3 Å². The average molecular weight is 322 g/mol. The molecule has 2 aromatic heterocycles. The number of nitrogen functional groups attached to an aromatic ring is 1. The molecule has 3 nitrogen and oxygen atoms in total. The maximum atomic E-state index is 14.1. The van der Waals surface area contributed by atoms with Crippen LogP contribution in [0.15, 0.2) is 36.5 Å². The maximum Gasteiger partial charge on any atom is 0.150 e. The summed E-state index contributed by atoms with van der Waals surface area (Å²) >= 11 is 7.42. The van der Waals surface area contributed by atoms with Crippen molar-refractivity contribution in [1.29, 1.82) is 0 Å². The van der Waals surface area contributed by atoms with Crippen molar-refractivity contribution in [2.45, 2.75) is 6.42 Å². The van der Waals surface area contributed by atoms with Gasteiger partial charge in [-0.25, -0.2) is 4.39 Å². The largest absolute Gasteiger partial charge is 0.398 e. The molecule has 0 radical (unpaired) electrons. The van der Waals surface area contributed by atoms with Gasteiger partial charge in [-0.2, -0.15) is 0 Å². The number of halogens is 2. The number of rotatable bonds is 4. The van der Waals surface area contributed by atoms with Crippen molar-refractivity contribution in [2.24, 2.45) is 0 Å². The molecule has 1 aromatic carbocycles. The molecule has 108 valence electrons. The first kappa shape index (κ1) is 14.1. The molecule has 0 unspecified atom stereocenters. The van der Waals surface area contributed by atoms with Gasteiger partial charge in [-0.3, -0.25) is 4.98 Å².